The lowest BCUT2D eigenvalue weighted by atomic mass is 9.97. The number of halogens is 3. The molecule has 0 radical (unpaired) electrons. The Kier molecular flexibility index (Phi) is 6.10. The molecule has 24 heavy (non-hydrogen) atoms. The van der Waals surface area contributed by atoms with Crippen molar-refractivity contribution in [3.05, 3.63) is 29.8 Å². The zero-order chi connectivity index (χ0) is 17.7. The highest BCUT2D eigenvalue weighted by Gasteiger charge is 2.35. The lowest BCUT2D eigenvalue weighted by molar-refractivity contribution is -0.144. The Balaban J connectivity index is 2.04. The van der Waals surface area contributed by atoms with Gasteiger partial charge in [0, 0.05) is 13.1 Å². The van der Waals surface area contributed by atoms with Gasteiger partial charge in [0.05, 0.1) is 5.56 Å². The van der Waals surface area contributed by atoms with Crippen molar-refractivity contribution in [3.8, 4) is 5.75 Å². The number of piperidine rings is 1. The molecule has 0 aliphatic carbocycles. The SMILES string of the molecule is CNC[C@@H]1CCCN(C(=O)[C@H](C)Oc2ccccc2C(F)(F)F)C1. The number of para-hydroxylation sites is 1. The van der Waals surface area contributed by atoms with E-state index in [0.717, 1.165) is 25.5 Å². The van der Waals surface area contributed by atoms with E-state index in [9.17, 15) is 18.0 Å². The van der Waals surface area contributed by atoms with Gasteiger partial charge < -0.3 is 15.0 Å². The van der Waals surface area contributed by atoms with Crippen LogP contribution in [-0.4, -0.2) is 43.6 Å². The van der Waals surface area contributed by atoms with Crippen LogP contribution in [0.25, 0.3) is 0 Å². The van der Waals surface area contributed by atoms with E-state index in [1.807, 2.05) is 7.05 Å². The van der Waals surface area contributed by atoms with E-state index in [1.165, 1.54) is 25.1 Å². The minimum atomic E-state index is -4.51. The van der Waals surface area contributed by atoms with Crippen molar-refractivity contribution in [1.29, 1.82) is 0 Å². The number of likely N-dealkylation sites (tertiary alicyclic amines) is 1. The van der Waals surface area contributed by atoms with Gasteiger partial charge in [-0.15, -0.1) is 0 Å². The molecule has 1 aromatic carbocycles. The number of hydrogen-bond donors (Lipinski definition) is 1. The molecular weight excluding hydrogens is 321 g/mol. The molecule has 1 aliphatic heterocycles. The molecule has 1 aromatic rings. The minimum absolute atomic E-state index is 0.271. The lowest BCUT2D eigenvalue weighted by Crippen LogP contribution is -2.47. The van der Waals surface area contributed by atoms with Crippen molar-refractivity contribution in [2.24, 2.45) is 5.92 Å². The summed E-state index contributed by atoms with van der Waals surface area (Å²) in [4.78, 5) is 14.2. The largest absolute Gasteiger partial charge is 0.480 e. The van der Waals surface area contributed by atoms with E-state index in [2.05, 4.69) is 5.32 Å². The van der Waals surface area contributed by atoms with Gasteiger partial charge in [0.15, 0.2) is 6.10 Å². The summed E-state index contributed by atoms with van der Waals surface area (Å²) in [7, 11) is 1.86. The summed E-state index contributed by atoms with van der Waals surface area (Å²) < 4.78 is 44.4. The molecule has 1 heterocycles. The Morgan fingerprint density at radius 2 is 2.12 bits per heavy atom. The van der Waals surface area contributed by atoms with E-state index in [-0.39, 0.29) is 11.7 Å². The smallest absolute Gasteiger partial charge is 0.419 e. The van der Waals surface area contributed by atoms with Crippen molar-refractivity contribution in [1.82, 2.24) is 10.2 Å². The second-order valence-electron chi connectivity index (χ2n) is 6.10. The Morgan fingerprint density at radius 1 is 1.42 bits per heavy atom. The van der Waals surface area contributed by atoms with Crippen LogP contribution in [0.4, 0.5) is 13.2 Å². The summed E-state index contributed by atoms with van der Waals surface area (Å²) in [6, 6.07) is 4.96. The molecule has 1 amide bonds. The highest BCUT2D eigenvalue weighted by atomic mass is 19.4. The van der Waals surface area contributed by atoms with Crippen LogP contribution in [0.1, 0.15) is 25.3 Å². The summed E-state index contributed by atoms with van der Waals surface area (Å²) in [5.74, 6) is -0.218. The average molecular weight is 344 g/mol. The quantitative estimate of drug-likeness (QED) is 0.893. The molecule has 0 aromatic heterocycles. The fraction of sp³-hybridized carbons (Fsp3) is 0.588. The topological polar surface area (TPSA) is 41.6 Å². The Bertz CT molecular complexity index is 561. The van der Waals surface area contributed by atoms with Crippen molar-refractivity contribution < 1.29 is 22.7 Å². The number of nitrogens with one attached hydrogen (secondary N) is 1. The maximum Gasteiger partial charge on any atom is 0.419 e. The molecule has 4 nitrogen and oxygen atoms in total. The van der Waals surface area contributed by atoms with Gasteiger partial charge in [-0.1, -0.05) is 12.1 Å². The second kappa shape index (κ2) is 7.88. The van der Waals surface area contributed by atoms with Gasteiger partial charge >= 0.3 is 6.18 Å². The summed E-state index contributed by atoms with van der Waals surface area (Å²) in [5, 5.41) is 3.10. The first-order valence-electron chi connectivity index (χ1n) is 8.09. The number of carbonyl (C=O) groups is 1. The van der Waals surface area contributed by atoms with Gasteiger partial charge in [-0.3, -0.25) is 4.79 Å². The Morgan fingerprint density at radius 3 is 2.79 bits per heavy atom. The highest BCUT2D eigenvalue weighted by Crippen LogP contribution is 2.36. The molecule has 2 atom stereocenters. The lowest BCUT2D eigenvalue weighted by Gasteiger charge is -2.34. The van der Waals surface area contributed by atoms with E-state index < -0.39 is 17.8 Å². The first-order chi connectivity index (χ1) is 11.3. The van der Waals surface area contributed by atoms with Crippen LogP contribution in [0.2, 0.25) is 0 Å². The standard InChI is InChI=1S/C17H23F3N2O2/c1-12(16(23)22-9-5-6-13(11-22)10-21-2)24-15-8-4-3-7-14(15)17(18,19)20/h3-4,7-8,12-13,21H,5-6,9-11H2,1-2H3/t12-,13-/m0/s1. The third-order valence-electron chi connectivity index (χ3n) is 4.17. The zero-order valence-corrected chi connectivity index (χ0v) is 13.9. The third-order valence-corrected chi connectivity index (χ3v) is 4.17. The van der Waals surface area contributed by atoms with E-state index in [4.69, 9.17) is 4.74 Å². The van der Waals surface area contributed by atoms with Gasteiger partial charge in [0.25, 0.3) is 5.91 Å². The van der Waals surface area contributed by atoms with Gasteiger partial charge in [-0.25, -0.2) is 0 Å². The van der Waals surface area contributed by atoms with Gasteiger partial charge in [-0.05, 0) is 51.4 Å². The van der Waals surface area contributed by atoms with Crippen molar-refractivity contribution in [2.75, 3.05) is 26.7 Å². The molecule has 1 saturated heterocycles. The summed E-state index contributed by atoms with van der Waals surface area (Å²) in [6.07, 6.45) is -3.54. The van der Waals surface area contributed by atoms with Crippen LogP contribution < -0.4 is 10.1 Å². The van der Waals surface area contributed by atoms with Crippen LogP contribution in [0.15, 0.2) is 24.3 Å². The Hall–Kier alpha value is -1.76. The first kappa shape index (κ1) is 18.6. The van der Waals surface area contributed by atoms with Crippen molar-refractivity contribution in [2.45, 2.75) is 32.0 Å². The average Bonchev–Trinajstić information content (AvgIpc) is 2.54. The maximum atomic E-state index is 13.0. The van der Waals surface area contributed by atoms with E-state index >= 15 is 0 Å². The normalized spacial score (nSPS) is 19.9. The molecule has 7 heteroatoms. The first-order valence-corrected chi connectivity index (χ1v) is 8.09. The fourth-order valence-corrected chi connectivity index (χ4v) is 3.02. The molecule has 1 aliphatic rings. The van der Waals surface area contributed by atoms with Crippen LogP contribution >= 0.6 is 0 Å². The predicted molar refractivity (Wildman–Crippen MR) is 84.8 cm³/mol. The molecule has 0 unspecified atom stereocenters. The highest BCUT2D eigenvalue weighted by molar-refractivity contribution is 5.81. The number of amides is 1. The van der Waals surface area contributed by atoms with Crippen molar-refractivity contribution >= 4 is 5.91 Å². The molecular formula is C17H23F3N2O2. The van der Waals surface area contributed by atoms with Crippen LogP contribution in [0.3, 0.4) is 0 Å². The van der Waals surface area contributed by atoms with Gasteiger partial charge in [0.1, 0.15) is 5.75 Å². The van der Waals surface area contributed by atoms with E-state index in [0.29, 0.717) is 19.0 Å². The molecule has 2 rings (SSSR count). The molecule has 0 spiro atoms. The zero-order valence-electron chi connectivity index (χ0n) is 13.9. The number of nitrogens with zero attached hydrogens (tertiary/aromatic N) is 1. The van der Waals surface area contributed by atoms with Crippen LogP contribution in [0.5, 0.6) is 5.75 Å². The Labute approximate surface area is 140 Å². The van der Waals surface area contributed by atoms with E-state index in [1.54, 1.807) is 4.90 Å². The summed E-state index contributed by atoms with van der Waals surface area (Å²) >= 11 is 0. The summed E-state index contributed by atoms with van der Waals surface area (Å²) in [6.45, 7) is 3.54. The maximum absolute atomic E-state index is 13.0. The molecule has 134 valence electrons. The predicted octanol–water partition coefficient (Wildman–Crippen LogP) is 2.93. The number of hydrogen-bond acceptors (Lipinski definition) is 3. The number of carbonyl (C=O) groups excluding carboxylic acids is 1. The van der Waals surface area contributed by atoms with Gasteiger partial charge in [-0.2, -0.15) is 13.2 Å². The number of ether oxygens (including phenoxy) is 1. The van der Waals surface area contributed by atoms with Crippen LogP contribution in [0, 0.1) is 5.92 Å². The molecule has 1 N–H and O–H groups in total. The minimum Gasteiger partial charge on any atom is -0.480 e. The fourth-order valence-electron chi connectivity index (χ4n) is 3.02. The molecule has 1 fully saturated rings. The van der Waals surface area contributed by atoms with Crippen LogP contribution in [-0.2, 0) is 11.0 Å². The monoisotopic (exact) mass is 344 g/mol. The molecule has 0 saturated carbocycles. The van der Waals surface area contributed by atoms with Crippen molar-refractivity contribution in [3.63, 3.8) is 0 Å². The number of rotatable bonds is 5. The number of benzene rings is 1. The second-order valence-corrected chi connectivity index (χ2v) is 6.10. The van der Waals surface area contributed by atoms with Gasteiger partial charge in [0.2, 0.25) is 0 Å². The third kappa shape index (κ3) is 4.63. The number of alkyl halides is 3. The summed E-state index contributed by atoms with van der Waals surface area (Å²) in [5.41, 5.74) is -0.864. The molecule has 0 bridgehead atoms.